The van der Waals surface area contributed by atoms with Gasteiger partial charge < -0.3 is 9.40 Å². The van der Waals surface area contributed by atoms with Gasteiger partial charge in [-0.15, -0.1) is 17.7 Å². The number of pyridine rings is 2. The van der Waals surface area contributed by atoms with Gasteiger partial charge in [-0.2, -0.15) is 0 Å². The molecule has 3 nitrogen and oxygen atoms in total. The number of hydrogen-bond acceptors (Lipinski definition) is 3. The first-order valence-corrected chi connectivity index (χ1v) is 22.4. The Morgan fingerprint density at radius 1 is 0.783 bits per heavy atom. The number of benzene rings is 4. The molecule has 3 heterocycles. The van der Waals surface area contributed by atoms with Crippen molar-refractivity contribution in [2.75, 3.05) is 0 Å². The molecule has 7 rings (SSSR count). The van der Waals surface area contributed by atoms with Gasteiger partial charge in [-0.05, 0) is 40.2 Å². The van der Waals surface area contributed by atoms with Crippen molar-refractivity contribution in [2.45, 2.75) is 43.9 Å². The van der Waals surface area contributed by atoms with Crippen molar-refractivity contribution < 1.29 is 30.0 Å². The molecule has 0 saturated heterocycles. The third-order valence-corrected chi connectivity index (χ3v) is 12.1. The van der Waals surface area contributed by atoms with Crippen molar-refractivity contribution in [3.05, 3.63) is 139 Å². The van der Waals surface area contributed by atoms with Crippen LogP contribution in [0.5, 0.6) is 0 Å². The Labute approximate surface area is 294 Å². The van der Waals surface area contributed by atoms with Crippen molar-refractivity contribution in [2.24, 2.45) is 0 Å². The summed E-state index contributed by atoms with van der Waals surface area (Å²) in [4.78, 5) is 8.96. The first kappa shape index (κ1) is 28.4. The molecule has 0 bridgehead atoms. The van der Waals surface area contributed by atoms with E-state index in [1.54, 1.807) is 18.3 Å². The standard InChI is InChI=1S/C26H20NO.C15H18GeN.Ir/c1-17(2)19-12-13-27-24(14-19)21-9-11-23-22-10-8-20(18-6-4-3-5-7-18)15-25(22)28-26(23)16-21;1-12-5-7-13(8-6-12)15-10-9-14(11-17-15)16(2,3)4;/h3-15,17H,1-2H3;5-7,9-11H,1-4H3;/q2*-1;/i17D;1D3;. The summed E-state index contributed by atoms with van der Waals surface area (Å²) in [5, 5.41) is 2.12. The monoisotopic (exact) mass is 845 g/mol. The summed E-state index contributed by atoms with van der Waals surface area (Å²) >= 11 is -1.83. The predicted molar refractivity (Wildman–Crippen MR) is 192 cm³/mol. The van der Waals surface area contributed by atoms with Crippen LogP contribution in [-0.2, 0) is 20.1 Å². The summed E-state index contributed by atoms with van der Waals surface area (Å²) in [6.07, 6.45) is 3.70. The molecule has 5 heteroatoms. The molecule has 0 aliphatic carbocycles. The molecule has 233 valence electrons. The molecule has 0 aliphatic heterocycles. The van der Waals surface area contributed by atoms with Crippen molar-refractivity contribution in [3.63, 3.8) is 0 Å². The summed E-state index contributed by atoms with van der Waals surface area (Å²) < 4.78 is 37.8. The Hall–Kier alpha value is -3.83. The Balaban J connectivity index is 0.000000204. The number of rotatable bonds is 5. The van der Waals surface area contributed by atoms with Gasteiger partial charge in [0.2, 0.25) is 0 Å². The quantitative estimate of drug-likeness (QED) is 0.128. The first-order valence-electron chi connectivity index (χ1n) is 17.1. The van der Waals surface area contributed by atoms with E-state index in [2.05, 4.69) is 81.8 Å². The fourth-order valence-electron chi connectivity index (χ4n) is 5.13. The number of aryl methyl sites for hydroxylation is 1. The molecule has 0 N–H and O–H groups in total. The predicted octanol–water partition coefficient (Wildman–Crippen LogP) is 10.6. The molecule has 0 unspecified atom stereocenters. The topological polar surface area (TPSA) is 38.9 Å². The number of aromatic nitrogens is 2. The fraction of sp³-hybridized carbons (Fsp3) is 0.171. The van der Waals surface area contributed by atoms with E-state index < -0.39 is 26.0 Å². The maximum absolute atomic E-state index is 8.27. The van der Waals surface area contributed by atoms with Crippen LogP contribution in [-0.4, -0.2) is 23.2 Å². The third kappa shape index (κ3) is 7.58. The maximum atomic E-state index is 8.27. The molecule has 0 fully saturated rings. The molecular weight excluding hydrogens is 801 g/mol. The van der Waals surface area contributed by atoms with Crippen molar-refractivity contribution in [3.8, 4) is 33.6 Å². The number of fused-ring (bicyclic) bond motifs is 3. The summed E-state index contributed by atoms with van der Waals surface area (Å²) in [6.45, 7) is 1.68. The van der Waals surface area contributed by atoms with Gasteiger partial charge in [0, 0.05) is 27.7 Å². The zero-order chi connectivity index (χ0) is 35.0. The summed E-state index contributed by atoms with van der Waals surface area (Å²) in [7, 11) is 0. The van der Waals surface area contributed by atoms with Crippen LogP contribution in [0.15, 0.2) is 120 Å². The molecule has 4 aromatic carbocycles. The zero-order valence-electron chi connectivity index (χ0n) is 30.6. The molecule has 0 amide bonds. The average Bonchev–Trinajstić information content (AvgIpc) is 3.45. The van der Waals surface area contributed by atoms with E-state index in [1.807, 2.05) is 62.5 Å². The van der Waals surface area contributed by atoms with Crippen LogP contribution in [0.4, 0.5) is 0 Å². The van der Waals surface area contributed by atoms with Crippen molar-refractivity contribution in [1.29, 1.82) is 0 Å². The average molecular weight is 844 g/mol. The van der Waals surface area contributed by atoms with Crippen LogP contribution < -0.4 is 4.40 Å². The minimum atomic E-state index is -2.08. The molecule has 0 spiro atoms. The van der Waals surface area contributed by atoms with E-state index in [9.17, 15) is 0 Å². The number of nitrogens with zero attached hydrogens (tertiary/aromatic N) is 2. The molecule has 3 aromatic heterocycles. The summed E-state index contributed by atoms with van der Waals surface area (Å²) in [6, 6.07) is 40.0. The zero-order valence-corrected chi connectivity index (χ0v) is 31.1. The normalized spacial score (nSPS) is 13.1. The Morgan fingerprint density at radius 3 is 2.24 bits per heavy atom. The molecule has 0 atom stereocenters. The van der Waals surface area contributed by atoms with E-state index in [1.165, 1.54) is 16.0 Å². The van der Waals surface area contributed by atoms with Crippen LogP contribution in [0.25, 0.3) is 55.6 Å². The molecular formula is C41H38GeIrN2O-2. The van der Waals surface area contributed by atoms with E-state index in [0.717, 1.165) is 55.6 Å². The largest absolute Gasteiger partial charge is 0 e. The Morgan fingerprint density at radius 2 is 1.57 bits per heavy atom. The van der Waals surface area contributed by atoms with E-state index >= 15 is 0 Å². The second kappa shape index (κ2) is 14.3. The van der Waals surface area contributed by atoms with Gasteiger partial charge in [0.1, 0.15) is 5.58 Å². The van der Waals surface area contributed by atoms with Crippen LogP contribution in [0.1, 0.15) is 36.4 Å². The minimum absolute atomic E-state index is 0. The maximum Gasteiger partial charge on any atom is 0 e. The van der Waals surface area contributed by atoms with Gasteiger partial charge in [-0.25, -0.2) is 0 Å². The van der Waals surface area contributed by atoms with Gasteiger partial charge in [-0.3, -0.25) is 0 Å². The molecule has 7 aromatic rings. The van der Waals surface area contributed by atoms with Crippen molar-refractivity contribution in [1.82, 2.24) is 9.97 Å². The number of hydrogen-bond donors (Lipinski definition) is 0. The van der Waals surface area contributed by atoms with Crippen LogP contribution in [0, 0.1) is 19.0 Å². The second-order valence-corrected chi connectivity index (χ2v) is 23.0. The Kier molecular flexibility index (Phi) is 8.83. The molecule has 46 heavy (non-hydrogen) atoms. The number of furan rings is 1. The van der Waals surface area contributed by atoms with E-state index in [0.29, 0.717) is 5.56 Å². The SMILES string of the molecule is [2H]C(C)(C)c1ccnc(-c2[c-]c3oc4cc(-c5ccccc5)ccc4c3cc2)c1.[2H]C([2H])([2H])c1c[c-]c(-c2cc[c]([Ge]([CH3])([CH3])[CH3])cn2)cc1.[Ir]. The van der Waals surface area contributed by atoms with Crippen LogP contribution in [0.2, 0.25) is 17.3 Å². The third-order valence-electron chi connectivity index (χ3n) is 7.83. The first-order chi connectivity index (χ1) is 23.2. The minimum Gasteiger partial charge on any atom is 0 e. The summed E-state index contributed by atoms with van der Waals surface area (Å²) in [5.74, 6) is 6.31. The second-order valence-electron chi connectivity index (χ2n) is 12.4. The van der Waals surface area contributed by atoms with Gasteiger partial charge in [0.25, 0.3) is 0 Å². The van der Waals surface area contributed by atoms with Crippen LogP contribution in [0.3, 0.4) is 0 Å². The molecule has 1 radical (unpaired) electrons. The summed E-state index contributed by atoms with van der Waals surface area (Å²) in [5.41, 5.74) is 8.42. The fourth-order valence-corrected chi connectivity index (χ4v) is 7.31. The van der Waals surface area contributed by atoms with E-state index in [4.69, 9.17) is 9.90 Å². The molecule has 0 saturated carbocycles. The van der Waals surface area contributed by atoms with Gasteiger partial charge in [0.15, 0.2) is 0 Å². The Bertz CT molecular complexity index is 2160. The van der Waals surface area contributed by atoms with Gasteiger partial charge in [0.05, 0.1) is 5.58 Å². The van der Waals surface area contributed by atoms with Crippen LogP contribution >= 0.6 is 0 Å². The molecule has 0 aliphatic rings. The van der Waals surface area contributed by atoms with Gasteiger partial charge >= 0.3 is 110 Å². The van der Waals surface area contributed by atoms with E-state index in [-0.39, 0.29) is 20.1 Å². The smallest absolute Gasteiger partial charge is 0 e. The van der Waals surface area contributed by atoms with Crippen molar-refractivity contribution >= 4 is 39.6 Å². The van der Waals surface area contributed by atoms with Gasteiger partial charge in [-0.1, -0.05) is 79.4 Å².